The first-order valence-corrected chi connectivity index (χ1v) is 10.7. The van der Waals surface area contributed by atoms with Gasteiger partial charge in [-0.1, -0.05) is 24.3 Å². The minimum Gasteiger partial charge on any atom is -0.497 e. The number of nitrogens with zero attached hydrogens (tertiary/aromatic N) is 5. The number of rotatable bonds is 6. The first-order valence-electron chi connectivity index (χ1n) is 10.7. The second kappa shape index (κ2) is 9.13. The van der Waals surface area contributed by atoms with Gasteiger partial charge in [-0.3, -0.25) is 14.5 Å². The van der Waals surface area contributed by atoms with Gasteiger partial charge >= 0.3 is 6.18 Å². The lowest BCUT2D eigenvalue weighted by Gasteiger charge is -2.15. The average molecular weight is 493 g/mol. The zero-order valence-corrected chi connectivity index (χ0v) is 18.7. The lowest BCUT2D eigenvalue weighted by atomic mass is 10.0. The normalized spacial score (nSPS) is 11.6. The molecule has 0 saturated heterocycles. The molecule has 12 heteroatoms. The Bertz CT molecular complexity index is 1580. The monoisotopic (exact) mass is 493 g/mol. The van der Waals surface area contributed by atoms with Crippen molar-refractivity contribution in [3.05, 3.63) is 77.5 Å². The Morgan fingerprint density at radius 3 is 2.47 bits per heavy atom. The highest BCUT2D eigenvalue weighted by Crippen LogP contribution is 2.34. The van der Waals surface area contributed by atoms with Gasteiger partial charge in [0.15, 0.2) is 5.82 Å². The van der Waals surface area contributed by atoms with Crippen LogP contribution in [0.25, 0.3) is 39.2 Å². The van der Waals surface area contributed by atoms with Gasteiger partial charge in [0, 0.05) is 34.5 Å². The SMILES string of the molecule is COc1ccc(-n2cc3c(-c4ccccc4-c4ncn[nH]4)nc(NCC(F)(F)F)nc3cc2=O)cc1. The van der Waals surface area contributed by atoms with Crippen molar-refractivity contribution in [3.8, 4) is 34.1 Å². The highest BCUT2D eigenvalue weighted by atomic mass is 19.4. The van der Waals surface area contributed by atoms with E-state index in [9.17, 15) is 18.0 Å². The highest BCUT2D eigenvalue weighted by molar-refractivity contribution is 5.96. The third-order valence-electron chi connectivity index (χ3n) is 5.38. The maximum absolute atomic E-state index is 13.0. The minimum atomic E-state index is -4.48. The van der Waals surface area contributed by atoms with Crippen LogP contribution < -0.4 is 15.6 Å². The van der Waals surface area contributed by atoms with Crippen molar-refractivity contribution in [3.63, 3.8) is 0 Å². The van der Waals surface area contributed by atoms with E-state index in [1.165, 1.54) is 24.1 Å². The van der Waals surface area contributed by atoms with Crippen LogP contribution in [0.5, 0.6) is 5.75 Å². The fourth-order valence-electron chi connectivity index (χ4n) is 3.74. The molecule has 36 heavy (non-hydrogen) atoms. The Labute approximate surface area is 201 Å². The van der Waals surface area contributed by atoms with Crippen LogP contribution in [0.2, 0.25) is 0 Å². The first kappa shape index (κ1) is 23.0. The summed E-state index contributed by atoms with van der Waals surface area (Å²) in [6.45, 7) is -1.33. The number of aromatic nitrogens is 6. The van der Waals surface area contributed by atoms with Crippen LogP contribution in [0.3, 0.4) is 0 Å². The molecule has 0 atom stereocenters. The summed E-state index contributed by atoms with van der Waals surface area (Å²) in [5.41, 5.74) is 1.85. The summed E-state index contributed by atoms with van der Waals surface area (Å²) < 4.78 is 45.3. The maximum Gasteiger partial charge on any atom is 0.405 e. The Balaban J connectivity index is 1.74. The fourth-order valence-corrected chi connectivity index (χ4v) is 3.74. The zero-order valence-electron chi connectivity index (χ0n) is 18.7. The number of halogens is 3. The van der Waals surface area contributed by atoms with Gasteiger partial charge in [-0.2, -0.15) is 18.3 Å². The van der Waals surface area contributed by atoms with Crippen LogP contribution in [0.15, 0.2) is 71.9 Å². The summed E-state index contributed by atoms with van der Waals surface area (Å²) in [5, 5.41) is 9.35. The van der Waals surface area contributed by atoms with Gasteiger partial charge in [-0.05, 0) is 24.3 Å². The van der Waals surface area contributed by atoms with Crippen LogP contribution in [-0.4, -0.2) is 49.5 Å². The Morgan fingerprint density at radius 2 is 1.81 bits per heavy atom. The molecule has 0 bridgehead atoms. The minimum absolute atomic E-state index is 0.187. The Hall–Kier alpha value is -4.74. The molecule has 9 nitrogen and oxygen atoms in total. The number of ether oxygens (including phenoxy) is 1. The third kappa shape index (κ3) is 4.60. The molecule has 3 heterocycles. The van der Waals surface area contributed by atoms with E-state index >= 15 is 0 Å². The summed E-state index contributed by atoms with van der Waals surface area (Å²) in [6.07, 6.45) is -1.56. The van der Waals surface area contributed by atoms with Gasteiger partial charge in [-0.25, -0.2) is 15.0 Å². The number of benzene rings is 2. The average Bonchev–Trinajstić information content (AvgIpc) is 3.41. The smallest absolute Gasteiger partial charge is 0.405 e. The molecule has 3 aromatic heterocycles. The maximum atomic E-state index is 13.0. The molecule has 0 aliphatic carbocycles. The second-order valence-electron chi connectivity index (χ2n) is 7.72. The molecule has 0 spiro atoms. The summed E-state index contributed by atoms with van der Waals surface area (Å²) in [4.78, 5) is 25.8. The van der Waals surface area contributed by atoms with Crippen molar-refractivity contribution >= 4 is 16.9 Å². The molecular weight excluding hydrogens is 475 g/mol. The predicted octanol–water partition coefficient (Wildman–Crippen LogP) is 4.22. The van der Waals surface area contributed by atoms with Crippen LogP contribution in [-0.2, 0) is 0 Å². The largest absolute Gasteiger partial charge is 0.497 e. The zero-order chi connectivity index (χ0) is 25.3. The van der Waals surface area contributed by atoms with Gasteiger partial charge in [0.05, 0.1) is 18.3 Å². The van der Waals surface area contributed by atoms with Crippen molar-refractivity contribution < 1.29 is 17.9 Å². The number of nitrogens with one attached hydrogen (secondary N) is 2. The van der Waals surface area contributed by atoms with Gasteiger partial charge in [-0.15, -0.1) is 0 Å². The number of hydrogen-bond donors (Lipinski definition) is 2. The number of methoxy groups -OCH3 is 1. The van der Waals surface area contributed by atoms with Crippen molar-refractivity contribution in [1.29, 1.82) is 0 Å². The number of hydrogen-bond acceptors (Lipinski definition) is 7. The second-order valence-corrected chi connectivity index (χ2v) is 7.72. The molecule has 2 aromatic carbocycles. The third-order valence-corrected chi connectivity index (χ3v) is 5.38. The molecule has 2 N–H and O–H groups in total. The summed E-state index contributed by atoms with van der Waals surface area (Å²) >= 11 is 0. The lowest BCUT2D eigenvalue weighted by Crippen LogP contribution is -2.23. The van der Waals surface area contributed by atoms with Gasteiger partial charge in [0.1, 0.15) is 18.6 Å². The Morgan fingerprint density at radius 1 is 1.06 bits per heavy atom. The van der Waals surface area contributed by atoms with Gasteiger partial charge in [0.2, 0.25) is 5.95 Å². The van der Waals surface area contributed by atoms with E-state index < -0.39 is 18.3 Å². The van der Waals surface area contributed by atoms with Crippen molar-refractivity contribution in [2.45, 2.75) is 6.18 Å². The molecule has 0 saturated carbocycles. The molecule has 0 fully saturated rings. The number of aromatic amines is 1. The molecule has 0 unspecified atom stereocenters. The molecule has 182 valence electrons. The van der Waals surface area contributed by atoms with Crippen LogP contribution >= 0.6 is 0 Å². The summed E-state index contributed by atoms with van der Waals surface area (Å²) in [5.74, 6) is 0.812. The quantitative estimate of drug-likeness (QED) is 0.365. The van der Waals surface area contributed by atoms with E-state index in [0.29, 0.717) is 39.5 Å². The van der Waals surface area contributed by atoms with E-state index in [2.05, 4.69) is 30.5 Å². The van der Waals surface area contributed by atoms with E-state index in [4.69, 9.17) is 4.74 Å². The summed E-state index contributed by atoms with van der Waals surface area (Å²) in [6, 6.07) is 15.2. The number of pyridine rings is 1. The highest BCUT2D eigenvalue weighted by Gasteiger charge is 2.27. The van der Waals surface area contributed by atoms with Crippen LogP contribution in [0, 0.1) is 0 Å². The van der Waals surface area contributed by atoms with E-state index in [1.807, 2.05) is 0 Å². The van der Waals surface area contributed by atoms with Crippen molar-refractivity contribution in [2.75, 3.05) is 19.0 Å². The standard InChI is InChI=1S/C24H18F3N7O2/c1-36-15-8-6-14(7-9-15)34-11-18-19(10-20(34)35)31-23(28-12-24(25,26)27)32-21(18)16-4-2-3-5-17(16)22-29-13-30-33-22/h2-11,13H,12H2,1H3,(H,28,31)(H,29,30,33). The molecule has 0 aliphatic rings. The molecule has 0 aliphatic heterocycles. The topological polar surface area (TPSA) is 111 Å². The fraction of sp³-hybridized carbons (Fsp3) is 0.125. The van der Waals surface area contributed by atoms with Gasteiger partial charge < -0.3 is 10.1 Å². The molecule has 0 radical (unpaired) electrons. The molecular formula is C24H18F3N7O2. The lowest BCUT2D eigenvalue weighted by molar-refractivity contribution is -0.115. The molecule has 5 rings (SSSR count). The number of fused-ring (bicyclic) bond motifs is 1. The van der Waals surface area contributed by atoms with E-state index in [0.717, 1.165) is 0 Å². The Kier molecular flexibility index (Phi) is 5.84. The number of anilines is 1. The number of alkyl halides is 3. The van der Waals surface area contributed by atoms with Crippen molar-refractivity contribution in [1.82, 2.24) is 29.7 Å². The van der Waals surface area contributed by atoms with E-state index in [1.54, 1.807) is 54.7 Å². The van der Waals surface area contributed by atoms with Crippen LogP contribution in [0.1, 0.15) is 0 Å². The number of H-pyrrole nitrogens is 1. The predicted molar refractivity (Wildman–Crippen MR) is 127 cm³/mol. The van der Waals surface area contributed by atoms with Gasteiger partial charge in [0.25, 0.3) is 5.56 Å². The first-order chi connectivity index (χ1) is 17.3. The van der Waals surface area contributed by atoms with E-state index in [-0.39, 0.29) is 11.5 Å². The van der Waals surface area contributed by atoms with Crippen LogP contribution in [0.4, 0.5) is 19.1 Å². The van der Waals surface area contributed by atoms with Crippen molar-refractivity contribution in [2.24, 2.45) is 0 Å². The molecule has 0 amide bonds. The summed E-state index contributed by atoms with van der Waals surface area (Å²) in [7, 11) is 1.54. The molecule has 5 aromatic rings.